The van der Waals surface area contributed by atoms with Gasteiger partial charge in [-0.3, -0.25) is 14.6 Å². The van der Waals surface area contributed by atoms with E-state index in [1.165, 1.54) is 5.56 Å². The van der Waals surface area contributed by atoms with Gasteiger partial charge in [0, 0.05) is 56.4 Å². The van der Waals surface area contributed by atoms with E-state index in [2.05, 4.69) is 21.2 Å². The van der Waals surface area contributed by atoms with E-state index in [4.69, 9.17) is 16.3 Å². The molecule has 0 aliphatic carbocycles. The molecule has 0 atom stereocenters. The molecule has 0 spiro atoms. The lowest BCUT2D eigenvalue weighted by atomic mass is 10.2. The Morgan fingerprint density at radius 1 is 1.00 bits per heavy atom. The van der Waals surface area contributed by atoms with Crippen LogP contribution in [0.15, 0.2) is 48.5 Å². The molecule has 1 aliphatic rings. The highest BCUT2D eigenvalue weighted by Crippen LogP contribution is 2.17. The van der Waals surface area contributed by atoms with E-state index in [9.17, 15) is 4.79 Å². The highest BCUT2D eigenvalue weighted by Gasteiger charge is 2.17. The summed E-state index contributed by atoms with van der Waals surface area (Å²) in [6.45, 7) is 6.43. The van der Waals surface area contributed by atoms with E-state index >= 15 is 0 Å². The van der Waals surface area contributed by atoms with Crippen molar-refractivity contribution < 1.29 is 9.53 Å². The molecule has 0 unspecified atom stereocenters. The van der Waals surface area contributed by atoms with Crippen molar-refractivity contribution in [3.05, 3.63) is 64.7 Å². The van der Waals surface area contributed by atoms with E-state index in [0.29, 0.717) is 12.1 Å². The molecule has 160 valence electrons. The minimum Gasteiger partial charge on any atom is -0.497 e. The molecule has 2 aromatic carbocycles. The van der Waals surface area contributed by atoms with Crippen molar-refractivity contribution in [3.8, 4) is 5.75 Å². The van der Waals surface area contributed by atoms with Crippen LogP contribution in [0.2, 0.25) is 5.02 Å². The third-order valence-electron chi connectivity index (χ3n) is 4.88. The second-order valence-electron chi connectivity index (χ2n) is 6.69. The molecule has 2 aromatic rings. The van der Waals surface area contributed by atoms with Crippen molar-refractivity contribution in [1.29, 1.82) is 0 Å². The second-order valence-corrected chi connectivity index (χ2v) is 7.10. The van der Waals surface area contributed by atoms with Gasteiger partial charge in [-0.05, 0) is 35.9 Å². The number of piperazine rings is 1. The van der Waals surface area contributed by atoms with Gasteiger partial charge in [-0.2, -0.15) is 0 Å². The van der Waals surface area contributed by atoms with Crippen LogP contribution < -0.4 is 10.1 Å². The average Bonchev–Trinajstić information content (AvgIpc) is 2.71. The van der Waals surface area contributed by atoms with Crippen LogP contribution in [0, 0.1) is 0 Å². The van der Waals surface area contributed by atoms with Crippen LogP contribution in [0.3, 0.4) is 0 Å². The number of nitrogens with zero attached hydrogens (tertiary/aromatic N) is 2. The predicted molar refractivity (Wildman–Crippen MR) is 123 cm³/mol. The van der Waals surface area contributed by atoms with Gasteiger partial charge in [0.1, 0.15) is 5.75 Å². The summed E-state index contributed by atoms with van der Waals surface area (Å²) in [6, 6.07) is 15.2. The molecule has 1 fully saturated rings. The first-order valence-corrected chi connectivity index (χ1v) is 9.64. The highest BCUT2D eigenvalue weighted by atomic mass is 35.5. The quantitative estimate of drug-likeness (QED) is 0.684. The smallest absolute Gasteiger partial charge is 0.251 e. The Morgan fingerprint density at radius 2 is 1.62 bits per heavy atom. The zero-order valence-corrected chi connectivity index (χ0v) is 18.9. The molecule has 1 heterocycles. The lowest BCUT2D eigenvalue weighted by Gasteiger charge is -2.34. The summed E-state index contributed by atoms with van der Waals surface area (Å²) in [5.74, 6) is 0.705. The summed E-state index contributed by atoms with van der Waals surface area (Å²) in [6.07, 6.45) is 0. The normalized spacial score (nSPS) is 14.4. The Hall–Kier alpha value is -1.50. The third kappa shape index (κ3) is 7.68. The summed E-state index contributed by atoms with van der Waals surface area (Å²) in [5, 5.41) is 3.82. The van der Waals surface area contributed by atoms with Crippen LogP contribution in [0.5, 0.6) is 5.75 Å². The molecule has 0 bridgehead atoms. The van der Waals surface area contributed by atoms with Gasteiger partial charge in [-0.25, -0.2) is 0 Å². The number of halogens is 3. The third-order valence-corrected chi connectivity index (χ3v) is 5.25. The summed E-state index contributed by atoms with van der Waals surface area (Å²) in [5.41, 5.74) is 1.83. The Morgan fingerprint density at radius 3 is 2.24 bits per heavy atom. The van der Waals surface area contributed by atoms with Gasteiger partial charge in [0.15, 0.2) is 0 Å². The predicted octanol–water partition coefficient (Wildman–Crippen LogP) is 3.74. The largest absolute Gasteiger partial charge is 0.497 e. The number of amides is 1. The number of ether oxygens (including phenoxy) is 1. The van der Waals surface area contributed by atoms with Crippen LogP contribution in [0.1, 0.15) is 15.9 Å². The van der Waals surface area contributed by atoms with Crippen LogP contribution in [-0.2, 0) is 6.54 Å². The molecule has 3 rings (SSSR count). The van der Waals surface area contributed by atoms with Gasteiger partial charge in [-0.1, -0.05) is 29.8 Å². The molecule has 0 aromatic heterocycles. The molecule has 1 amide bonds. The van der Waals surface area contributed by atoms with Crippen LogP contribution >= 0.6 is 36.4 Å². The number of hydrogen-bond acceptors (Lipinski definition) is 4. The highest BCUT2D eigenvalue weighted by molar-refractivity contribution is 6.31. The van der Waals surface area contributed by atoms with Gasteiger partial charge in [-0.15, -0.1) is 24.8 Å². The number of carbonyl (C=O) groups excluding carboxylic acids is 1. The molecular weight excluding hydrogens is 433 g/mol. The van der Waals surface area contributed by atoms with Crippen LogP contribution in [0.4, 0.5) is 0 Å². The van der Waals surface area contributed by atoms with Crippen molar-refractivity contribution in [1.82, 2.24) is 15.1 Å². The first-order chi connectivity index (χ1) is 13.2. The molecule has 1 aliphatic heterocycles. The Kier molecular flexibility index (Phi) is 11.4. The lowest BCUT2D eigenvalue weighted by molar-refractivity contribution is 0.0934. The molecule has 1 saturated heterocycles. The molecule has 0 radical (unpaired) electrons. The Bertz CT molecular complexity index is 751. The SMILES string of the molecule is COc1ccc(C(=O)NCCN2CCN(Cc3ccccc3Cl)CC2)cc1.Cl.Cl. The van der Waals surface area contributed by atoms with Crippen molar-refractivity contribution >= 4 is 42.3 Å². The molecule has 5 nitrogen and oxygen atoms in total. The molecular formula is C21H28Cl3N3O2. The number of nitrogens with one attached hydrogen (secondary N) is 1. The van der Waals surface area contributed by atoms with Gasteiger partial charge in [0.05, 0.1) is 7.11 Å². The number of rotatable bonds is 7. The number of hydrogen-bond donors (Lipinski definition) is 1. The van der Waals surface area contributed by atoms with E-state index in [1.807, 2.05) is 18.2 Å². The monoisotopic (exact) mass is 459 g/mol. The molecule has 1 N–H and O–H groups in total. The van der Waals surface area contributed by atoms with Crippen molar-refractivity contribution in [2.24, 2.45) is 0 Å². The summed E-state index contributed by atoms with van der Waals surface area (Å²) >= 11 is 6.25. The summed E-state index contributed by atoms with van der Waals surface area (Å²) < 4.78 is 5.11. The van der Waals surface area contributed by atoms with Crippen molar-refractivity contribution in [3.63, 3.8) is 0 Å². The van der Waals surface area contributed by atoms with Crippen molar-refractivity contribution in [2.75, 3.05) is 46.4 Å². The topological polar surface area (TPSA) is 44.8 Å². The maximum atomic E-state index is 12.2. The van der Waals surface area contributed by atoms with Gasteiger partial charge < -0.3 is 10.1 Å². The fourth-order valence-corrected chi connectivity index (χ4v) is 3.41. The van der Waals surface area contributed by atoms with E-state index in [1.54, 1.807) is 31.4 Å². The molecule has 0 saturated carbocycles. The van der Waals surface area contributed by atoms with E-state index < -0.39 is 0 Å². The fourth-order valence-electron chi connectivity index (χ4n) is 3.21. The minimum absolute atomic E-state index is 0. The molecule has 8 heteroatoms. The summed E-state index contributed by atoms with van der Waals surface area (Å²) in [7, 11) is 1.61. The second kappa shape index (κ2) is 12.9. The lowest BCUT2D eigenvalue weighted by Crippen LogP contribution is -2.48. The average molecular weight is 461 g/mol. The minimum atomic E-state index is -0.0463. The van der Waals surface area contributed by atoms with Gasteiger partial charge in [0.2, 0.25) is 0 Å². The Balaban J connectivity index is 0.00000210. The van der Waals surface area contributed by atoms with E-state index in [0.717, 1.165) is 50.0 Å². The number of benzene rings is 2. The number of methoxy groups -OCH3 is 1. The van der Waals surface area contributed by atoms with Gasteiger partial charge in [0.25, 0.3) is 5.91 Å². The molecule has 29 heavy (non-hydrogen) atoms. The Labute approximate surface area is 190 Å². The zero-order valence-electron chi connectivity index (χ0n) is 16.5. The van der Waals surface area contributed by atoms with Crippen LogP contribution in [0.25, 0.3) is 0 Å². The van der Waals surface area contributed by atoms with E-state index in [-0.39, 0.29) is 30.7 Å². The van der Waals surface area contributed by atoms with Crippen molar-refractivity contribution in [2.45, 2.75) is 6.54 Å². The summed E-state index contributed by atoms with van der Waals surface area (Å²) in [4.78, 5) is 17.0. The maximum Gasteiger partial charge on any atom is 0.251 e. The first kappa shape index (κ1) is 25.5. The maximum absolute atomic E-state index is 12.2. The van der Waals surface area contributed by atoms with Gasteiger partial charge >= 0.3 is 0 Å². The standard InChI is InChI=1S/C21H26ClN3O2.2ClH/c1-27-19-8-6-17(7-9-19)21(26)23-10-11-24-12-14-25(15-13-24)16-18-4-2-3-5-20(18)22;;/h2-9H,10-16H2,1H3,(H,23,26);2*1H. The first-order valence-electron chi connectivity index (χ1n) is 9.26. The number of carbonyl (C=O) groups is 1. The zero-order chi connectivity index (χ0) is 19.1. The van der Waals surface area contributed by atoms with Crippen LogP contribution in [-0.4, -0.2) is 62.1 Å². The fraction of sp³-hybridized carbons (Fsp3) is 0.381.